The van der Waals surface area contributed by atoms with Gasteiger partial charge in [-0.25, -0.2) is 4.79 Å². The summed E-state index contributed by atoms with van der Waals surface area (Å²) in [7, 11) is 1.39. The van der Waals surface area contributed by atoms with Gasteiger partial charge in [-0.1, -0.05) is 55.8 Å². The summed E-state index contributed by atoms with van der Waals surface area (Å²) in [4.78, 5) is 25.3. The summed E-state index contributed by atoms with van der Waals surface area (Å²) in [6.45, 7) is 2.95. The van der Waals surface area contributed by atoms with Crippen molar-refractivity contribution in [1.82, 2.24) is 4.57 Å². The molecular weight excluding hydrogens is 426 g/mol. The molecule has 0 bridgehead atoms. The Balaban J connectivity index is 1.66. The first-order valence-electron chi connectivity index (χ1n) is 12.2. The highest BCUT2D eigenvalue weighted by Gasteiger charge is 2.24. The molecule has 1 unspecified atom stereocenters. The molecule has 0 saturated carbocycles. The Kier molecular flexibility index (Phi) is 7.63. The van der Waals surface area contributed by atoms with Crippen LogP contribution in [0.2, 0.25) is 0 Å². The van der Waals surface area contributed by atoms with Crippen LogP contribution in [0, 0.1) is 5.92 Å². The predicted octanol–water partition coefficient (Wildman–Crippen LogP) is 4.79. The zero-order valence-corrected chi connectivity index (χ0v) is 20.0. The number of hydrogen-bond donors (Lipinski definition) is 1. The third-order valence-electron chi connectivity index (χ3n) is 6.86. The maximum Gasteiger partial charge on any atom is 0.338 e. The van der Waals surface area contributed by atoms with Crippen LogP contribution >= 0.6 is 0 Å². The zero-order chi connectivity index (χ0) is 24.1. The Morgan fingerprint density at radius 1 is 1.15 bits per heavy atom. The van der Waals surface area contributed by atoms with E-state index in [0.29, 0.717) is 18.5 Å². The van der Waals surface area contributed by atoms with E-state index >= 15 is 0 Å². The van der Waals surface area contributed by atoms with Crippen LogP contribution in [0.3, 0.4) is 0 Å². The van der Waals surface area contributed by atoms with E-state index in [1.54, 1.807) is 6.07 Å². The SMILES string of the molecule is CCCCc1cn(Cc2ccc(-c3ccccc3C(=O)OC)cc2)c2c(c1=O)CC(CO)CC2. The average molecular weight is 460 g/mol. The normalized spacial score (nSPS) is 15.1. The van der Waals surface area contributed by atoms with Gasteiger partial charge in [-0.3, -0.25) is 4.79 Å². The standard InChI is InChI=1S/C29H33NO4/c1-3-4-7-23-18-30(27-15-12-21(19-31)16-26(27)28(23)32)17-20-10-13-22(14-11-20)24-8-5-6-9-25(24)29(33)34-2/h5-6,8-11,13-14,18,21,31H,3-4,7,12,15-17,19H2,1-2H3. The maximum atomic E-state index is 13.2. The number of fused-ring (bicyclic) bond motifs is 1. The summed E-state index contributed by atoms with van der Waals surface area (Å²) >= 11 is 0. The van der Waals surface area contributed by atoms with Crippen molar-refractivity contribution in [2.24, 2.45) is 5.92 Å². The summed E-state index contributed by atoms with van der Waals surface area (Å²) in [5, 5.41) is 9.67. The minimum Gasteiger partial charge on any atom is -0.465 e. The molecule has 5 heteroatoms. The number of unbranched alkanes of at least 4 members (excludes halogenated alkanes) is 1. The van der Waals surface area contributed by atoms with Gasteiger partial charge in [0.2, 0.25) is 0 Å². The quantitative estimate of drug-likeness (QED) is 0.492. The predicted molar refractivity (Wildman–Crippen MR) is 134 cm³/mol. The molecule has 1 heterocycles. The van der Waals surface area contributed by atoms with Crippen LogP contribution in [0.15, 0.2) is 59.5 Å². The monoisotopic (exact) mass is 459 g/mol. The van der Waals surface area contributed by atoms with Gasteiger partial charge in [-0.05, 0) is 60.8 Å². The fourth-order valence-corrected chi connectivity index (χ4v) is 4.91. The van der Waals surface area contributed by atoms with Crippen molar-refractivity contribution in [3.63, 3.8) is 0 Å². The molecular formula is C29H33NO4. The molecule has 34 heavy (non-hydrogen) atoms. The number of benzene rings is 2. The van der Waals surface area contributed by atoms with Gasteiger partial charge in [0.1, 0.15) is 0 Å². The van der Waals surface area contributed by atoms with E-state index in [-0.39, 0.29) is 23.9 Å². The molecule has 178 valence electrons. The van der Waals surface area contributed by atoms with Crippen LogP contribution in [0.5, 0.6) is 0 Å². The molecule has 0 aliphatic heterocycles. The highest BCUT2D eigenvalue weighted by Crippen LogP contribution is 2.27. The fourth-order valence-electron chi connectivity index (χ4n) is 4.91. The molecule has 0 fully saturated rings. The van der Waals surface area contributed by atoms with E-state index in [9.17, 15) is 14.7 Å². The number of esters is 1. The molecule has 1 atom stereocenters. The Morgan fingerprint density at radius 3 is 2.62 bits per heavy atom. The number of hydrogen-bond acceptors (Lipinski definition) is 4. The van der Waals surface area contributed by atoms with Gasteiger partial charge in [0, 0.05) is 36.2 Å². The number of ether oxygens (including phenoxy) is 1. The topological polar surface area (TPSA) is 68.5 Å². The number of nitrogens with zero attached hydrogens (tertiary/aromatic N) is 1. The number of rotatable bonds is 8. The van der Waals surface area contributed by atoms with E-state index in [0.717, 1.165) is 65.6 Å². The van der Waals surface area contributed by atoms with Crippen molar-refractivity contribution in [3.05, 3.63) is 92.9 Å². The third-order valence-corrected chi connectivity index (χ3v) is 6.86. The van der Waals surface area contributed by atoms with E-state index in [1.807, 2.05) is 30.3 Å². The lowest BCUT2D eigenvalue weighted by molar-refractivity contribution is 0.0601. The van der Waals surface area contributed by atoms with E-state index in [4.69, 9.17) is 4.74 Å². The smallest absolute Gasteiger partial charge is 0.338 e. The number of aliphatic hydroxyl groups is 1. The summed E-state index contributed by atoms with van der Waals surface area (Å²) in [6, 6.07) is 15.7. The molecule has 3 aromatic rings. The molecule has 0 spiro atoms. The average Bonchev–Trinajstić information content (AvgIpc) is 2.89. The Morgan fingerprint density at radius 2 is 1.91 bits per heavy atom. The van der Waals surface area contributed by atoms with Gasteiger partial charge in [0.05, 0.1) is 12.7 Å². The number of pyridine rings is 1. The van der Waals surface area contributed by atoms with Gasteiger partial charge < -0.3 is 14.4 Å². The van der Waals surface area contributed by atoms with Crippen molar-refractivity contribution < 1.29 is 14.6 Å². The summed E-state index contributed by atoms with van der Waals surface area (Å²) < 4.78 is 7.18. The Bertz CT molecular complexity index is 1210. The van der Waals surface area contributed by atoms with Gasteiger partial charge in [-0.15, -0.1) is 0 Å². The first-order chi connectivity index (χ1) is 16.5. The molecule has 1 N–H and O–H groups in total. The lowest BCUT2D eigenvalue weighted by Crippen LogP contribution is -2.30. The van der Waals surface area contributed by atoms with Crippen molar-refractivity contribution in [2.75, 3.05) is 13.7 Å². The third kappa shape index (κ3) is 5.00. The number of methoxy groups -OCH3 is 1. The highest BCUT2D eigenvalue weighted by atomic mass is 16.5. The van der Waals surface area contributed by atoms with Gasteiger partial charge in [0.15, 0.2) is 5.43 Å². The lowest BCUT2D eigenvalue weighted by atomic mass is 9.85. The van der Waals surface area contributed by atoms with E-state index in [2.05, 4.69) is 29.8 Å². The van der Waals surface area contributed by atoms with Crippen molar-refractivity contribution in [3.8, 4) is 11.1 Å². The molecule has 1 aliphatic carbocycles. The van der Waals surface area contributed by atoms with Crippen LogP contribution in [-0.4, -0.2) is 29.4 Å². The van der Waals surface area contributed by atoms with Gasteiger partial charge in [-0.2, -0.15) is 0 Å². The number of aromatic nitrogens is 1. The van der Waals surface area contributed by atoms with Crippen LogP contribution in [-0.2, 0) is 30.5 Å². The molecule has 0 saturated heterocycles. The van der Waals surface area contributed by atoms with Gasteiger partial charge in [0.25, 0.3) is 0 Å². The minimum absolute atomic E-state index is 0.132. The minimum atomic E-state index is -0.347. The zero-order valence-electron chi connectivity index (χ0n) is 20.0. The second kappa shape index (κ2) is 10.8. The highest BCUT2D eigenvalue weighted by molar-refractivity contribution is 5.97. The lowest BCUT2D eigenvalue weighted by Gasteiger charge is -2.27. The summed E-state index contributed by atoms with van der Waals surface area (Å²) in [5.74, 6) is -0.176. The van der Waals surface area contributed by atoms with Crippen LogP contribution in [0.25, 0.3) is 11.1 Å². The number of carbonyl (C=O) groups excluding carboxylic acids is 1. The molecule has 1 aromatic heterocycles. The molecule has 0 amide bonds. The van der Waals surface area contributed by atoms with Crippen molar-refractivity contribution in [1.29, 1.82) is 0 Å². The number of aryl methyl sites for hydroxylation is 1. The second-order valence-electron chi connectivity index (χ2n) is 9.17. The van der Waals surface area contributed by atoms with Crippen LogP contribution < -0.4 is 5.43 Å². The second-order valence-corrected chi connectivity index (χ2v) is 9.17. The summed E-state index contributed by atoms with van der Waals surface area (Å²) in [6.07, 6.45) is 7.26. The van der Waals surface area contributed by atoms with Crippen LogP contribution in [0.1, 0.15) is 58.9 Å². The first-order valence-corrected chi connectivity index (χ1v) is 12.2. The van der Waals surface area contributed by atoms with Gasteiger partial charge >= 0.3 is 5.97 Å². The van der Waals surface area contributed by atoms with E-state index < -0.39 is 0 Å². The van der Waals surface area contributed by atoms with Crippen molar-refractivity contribution >= 4 is 5.97 Å². The van der Waals surface area contributed by atoms with E-state index in [1.165, 1.54) is 7.11 Å². The number of carbonyl (C=O) groups is 1. The van der Waals surface area contributed by atoms with Crippen molar-refractivity contribution in [2.45, 2.75) is 52.0 Å². The number of aliphatic hydroxyl groups excluding tert-OH is 1. The molecule has 1 aliphatic rings. The molecule has 0 radical (unpaired) electrons. The first kappa shape index (κ1) is 24.0. The Labute approximate surface area is 201 Å². The maximum absolute atomic E-state index is 13.2. The Hall–Kier alpha value is -3.18. The molecule has 5 nitrogen and oxygen atoms in total. The largest absolute Gasteiger partial charge is 0.465 e. The summed E-state index contributed by atoms with van der Waals surface area (Å²) in [5.41, 5.74) is 6.54. The molecule has 4 rings (SSSR count). The fraction of sp³-hybridized carbons (Fsp3) is 0.379. The molecule has 2 aromatic carbocycles. The van der Waals surface area contributed by atoms with Crippen LogP contribution in [0.4, 0.5) is 0 Å².